The van der Waals surface area contributed by atoms with Crippen molar-refractivity contribution in [1.82, 2.24) is 4.90 Å². The predicted octanol–water partition coefficient (Wildman–Crippen LogP) is 4.39. The Bertz CT molecular complexity index is 935. The highest BCUT2D eigenvalue weighted by Gasteiger charge is 2.25. The maximum atomic E-state index is 11.7. The number of nitrogens with one attached hydrogen (secondary N) is 1. The molecule has 31 heavy (non-hydrogen) atoms. The van der Waals surface area contributed by atoms with Crippen LogP contribution in [-0.4, -0.2) is 46.3 Å². The van der Waals surface area contributed by atoms with E-state index in [1.165, 1.54) is 18.7 Å². The van der Waals surface area contributed by atoms with Crippen molar-refractivity contribution < 1.29 is 19.7 Å². The first kappa shape index (κ1) is 23.0. The fraction of sp³-hybridized carbons (Fsp3) is 0.417. The lowest BCUT2D eigenvalue weighted by Crippen LogP contribution is -2.36. The third kappa shape index (κ3) is 5.74. The van der Waals surface area contributed by atoms with Crippen LogP contribution in [0, 0.1) is 5.92 Å². The van der Waals surface area contributed by atoms with E-state index in [-0.39, 0.29) is 29.3 Å². The first-order valence-electron chi connectivity index (χ1n) is 10.5. The number of esters is 1. The second-order valence-electron chi connectivity index (χ2n) is 8.31. The first-order valence-corrected chi connectivity index (χ1v) is 11.0. The van der Waals surface area contributed by atoms with E-state index in [0.29, 0.717) is 10.6 Å². The first-order chi connectivity index (χ1) is 14.8. The summed E-state index contributed by atoms with van der Waals surface area (Å²) in [6, 6.07) is 11.1. The Kier molecular flexibility index (Phi) is 7.51. The van der Waals surface area contributed by atoms with Gasteiger partial charge < -0.3 is 20.3 Å². The molecular weight excluding hydrogens is 412 g/mol. The number of piperidine rings is 1. The molecule has 1 aliphatic rings. The van der Waals surface area contributed by atoms with Crippen molar-refractivity contribution in [2.75, 3.05) is 25.5 Å². The summed E-state index contributed by atoms with van der Waals surface area (Å²) in [5.74, 6) is 0.0390. The van der Waals surface area contributed by atoms with Gasteiger partial charge in [0.2, 0.25) is 0 Å². The summed E-state index contributed by atoms with van der Waals surface area (Å²) in [6.07, 6.45) is 1.66. The number of ether oxygens (including phenoxy) is 1. The van der Waals surface area contributed by atoms with E-state index in [4.69, 9.17) is 17.0 Å². The molecule has 6 nitrogen and oxygen atoms in total. The molecule has 1 aliphatic heterocycles. The number of phenols is 2. The van der Waals surface area contributed by atoms with Gasteiger partial charge in [-0.15, -0.1) is 0 Å². The number of phenolic OH excluding ortho intramolecular Hbond substituents is 2. The number of nitrogens with zero attached hydrogens (tertiary/aromatic N) is 1. The number of carbonyl (C=O) groups is 1. The maximum absolute atomic E-state index is 11.7. The zero-order valence-electron chi connectivity index (χ0n) is 18.2. The normalized spacial score (nSPS) is 15.1. The standard InChI is InChI=1S/C24H30N2O4S/c1-15(2)19-12-20(22(28)13-21(19)27)23(31)25-18-6-4-16(5-7-18)14-26-10-8-17(9-11-26)24(29)30-3/h4-7,12-13,15,17,27-28H,8-11,14H2,1-3H3,(H,25,31). The molecule has 0 spiro atoms. The van der Waals surface area contributed by atoms with Crippen molar-refractivity contribution >= 4 is 28.9 Å². The van der Waals surface area contributed by atoms with E-state index in [2.05, 4.69) is 10.2 Å². The molecule has 166 valence electrons. The number of carbonyl (C=O) groups excluding carboxylic acids is 1. The van der Waals surface area contributed by atoms with Crippen molar-refractivity contribution in [1.29, 1.82) is 0 Å². The molecule has 0 amide bonds. The van der Waals surface area contributed by atoms with Gasteiger partial charge in [0.05, 0.1) is 18.6 Å². The highest BCUT2D eigenvalue weighted by molar-refractivity contribution is 7.81. The van der Waals surface area contributed by atoms with Crippen LogP contribution < -0.4 is 5.32 Å². The predicted molar refractivity (Wildman–Crippen MR) is 126 cm³/mol. The van der Waals surface area contributed by atoms with Crippen LogP contribution in [0.15, 0.2) is 36.4 Å². The lowest BCUT2D eigenvalue weighted by Gasteiger charge is -2.30. The molecule has 1 heterocycles. The average Bonchev–Trinajstić information content (AvgIpc) is 2.74. The van der Waals surface area contributed by atoms with Crippen LogP contribution in [0.4, 0.5) is 5.69 Å². The van der Waals surface area contributed by atoms with Crippen LogP contribution in [-0.2, 0) is 16.1 Å². The second-order valence-corrected chi connectivity index (χ2v) is 8.72. The van der Waals surface area contributed by atoms with Crippen LogP contribution in [0.3, 0.4) is 0 Å². The van der Waals surface area contributed by atoms with Crippen LogP contribution in [0.5, 0.6) is 11.5 Å². The van der Waals surface area contributed by atoms with Crippen molar-refractivity contribution in [2.24, 2.45) is 5.92 Å². The SMILES string of the molecule is COC(=O)C1CCN(Cc2ccc(NC(=S)c3cc(C(C)C)c(O)cc3O)cc2)CC1. The molecule has 3 N–H and O–H groups in total. The number of hydrogen-bond acceptors (Lipinski definition) is 6. The lowest BCUT2D eigenvalue weighted by molar-refractivity contribution is -0.147. The molecule has 0 aliphatic carbocycles. The number of hydrogen-bond donors (Lipinski definition) is 3. The molecule has 1 fully saturated rings. The molecular formula is C24H30N2O4S. The maximum Gasteiger partial charge on any atom is 0.308 e. The third-order valence-corrected chi connectivity index (χ3v) is 6.07. The molecule has 0 unspecified atom stereocenters. The highest BCUT2D eigenvalue weighted by Crippen LogP contribution is 2.33. The minimum absolute atomic E-state index is 0.0152. The molecule has 1 saturated heterocycles. The average molecular weight is 443 g/mol. The van der Waals surface area contributed by atoms with Gasteiger partial charge in [-0.05, 0) is 61.2 Å². The molecule has 2 aromatic rings. The van der Waals surface area contributed by atoms with E-state index >= 15 is 0 Å². The van der Waals surface area contributed by atoms with Crippen LogP contribution in [0.2, 0.25) is 0 Å². The Morgan fingerprint density at radius 3 is 2.39 bits per heavy atom. The quantitative estimate of drug-likeness (QED) is 0.452. The van der Waals surface area contributed by atoms with Gasteiger partial charge in [-0.2, -0.15) is 0 Å². The Balaban J connectivity index is 1.59. The van der Waals surface area contributed by atoms with Crippen LogP contribution in [0.25, 0.3) is 0 Å². The molecule has 3 rings (SSSR count). The fourth-order valence-corrected chi connectivity index (χ4v) is 4.16. The molecule has 0 aromatic heterocycles. The summed E-state index contributed by atoms with van der Waals surface area (Å²) in [5, 5.41) is 23.4. The Morgan fingerprint density at radius 2 is 1.81 bits per heavy atom. The zero-order chi connectivity index (χ0) is 22.5. The van der Waals surface area contributed by atoms with Gasteiger partial charge in [-0.3, -0.25) is 9.69 Å². The summed E-state index contributed by atoms with van der Waals surface area (Å²) >= 11 is 5.49. The summed E-state index contributed by atoms with van der Waals surface area (Å²) in [6.45, 7) is 6.53. The number of likely N-dealkylation sites (tertiary alicyclic amines) is 1. The Hall–Kier alpha value is -2.64. The van der Waals surface area contributed by atoms with Gasteiger partial charge in [-0.1, -0.05) is 38.2 Å². The summed E-state index contributed by atoms with van der Waals surface area (Å²) in [4.78, 5) is 14.4. The van der Waals surface area contributed by atoms with Gasteiger partial charge in [0, 0.05) is 18.3 Å². The lowest BCUT2D eigenvalue weighted by atomic mass is 9.96. The highest BCUT2D eigenvalue weighted by atomic mass is 32.1. The van der Waals surface area contributed by atoms with Crippen molar-refractivity contribution in [3.8, 4) is 11.5 Å². The number of benzene rings is 2. The number of methoxy groups -OCH3 is 1. The topological polar surface area (TPSA) is 82.0 Å². The van der Waals surface area contributed by atoms with E-state index in [1.807, 2.05) is 38.1 Å². The van der Waals surface area contributed by atoms with E-state index < -0.39 is 0 Å². The minimum atomic E-state index is -0.105. The molecule has 0 atom stereocenters. The smallest absolute Gasteiger partial charge is 0.308 e. The van der Waals surface area contributed by atoms with E-state index in [1.54, 1.807) is 6.07 Å². The number of rotatable bonds is 6. The number of anilines is 1. The van der Waals surface area contributed by atoms with Crippen molar-refractivity contribution in [3.63, 3.8) is 0 Å². The molecule has 0 bridgehead atoms. The van der Waals surface area contributed by atoms with Gasteiger partial charge in [0.25, 0.3) is 0 Å². The molecule has 2 aromatic carbocycles. The van der Waals surface area contributed by atoms with Crippen LogP contribution >= 0.6 is 12.2 Å². The molecule has 7 heteroatoms. The van der Waals surface area contributed by atoms with E-state index in [9.17, 15) is 15.0 Å². The van der Waals surface area contributed by atoms with Gasteiger partial charge in [0.15, 0.2) is 0 Å². The summed E-state index contributed by atoms with van der Waals surface area (Å²) < 4.78 is 4.85. The summed E-state index contributed by atoms with van der Waals surface area (Å²) in [5.41, 5.74) is 3.25. The number of thiocarbonyl (C=S) groups is 1. The van der Waals surface area contributed by atoms with Crippen molar-refractivity contribution in [3.05, 3.63) is 53.1 Å². The van der Waals surface area contributed by atoms with Crippen LogP contribution in [0.1, 0.15) is 49.3 Å². The molecule has 0 radical (unpaired) electrons. The molecule has 0 saturated carbocycles. The van der Waals surface area contributed by atoms with E-state index in [0.717, 1.165) is 43.7 Å². The minimum Gasteiger partial charge on any atom is -0.508 e. The van der Waals surface area contributed by atoms with Crippen molar-refractivity contribution in [2.45, 2.75) is 39.2 Å². The third-order valence-electron chi connectivity index (χ3n) is 5.75. The van der Waals surface area contributed by atoms with Gasteiger partial charge >= 0.3 is 5.97 Å². The Morgan fingerprint density at radius 1 is 1.16 bits per heavy atom. The number of aromatic hydroxyl groups is 2. The second kappa shape index (κ2) is 10.1. The largest absolute Gasteiger partial charge is 0.508 e. The Labute approximate surface area is 188 Å². The fourth-order valence-electron chi connectivity index (χ4n) is 3.88. The monoisotopic (exact) mass is 442 g/mol. The summed E-state index contributed by atoms with van der Waals surface area (Å²) in [7, 11) is 1.45. The zero-order valence-corrected chi connectivity index (χ0v) is 19.0. The van der Waals surface area contributed by atoms with Gasteiger partial charge in [0.1, 0.15) is 16.5 Å². The van der Waals surface area contributed by atoms with Gasteiger partial charge in [-0.25, -0.2) is 0 Å².